The van der Waals surface area contributed by atoms with Crippen LogP contribution in [0.25, 0.3) is 11.6 Å². The zero-order valence-corrected chi connectivity index (χ0v) is 9.32. The minimum Gasteiger partial charge on any atom is -0.310 e. The summed E-state index contributed by atoms with van der Waals surface area (Å²) in [5, 5.41) is 3.53. The van der Waals surface area contributed by atoms with Crippen molar-refractivity contribution in [2.45, 2.75) is 18.9 Å². The van der Waals surface area contributed by atoms with Gasteiger partial charge in [0.25, 0.3) is 0 Å². The van der Waals surface area contributed by atoms with Crippen LogP contribution in [-0.4, -0.2) is 17.6 Å². The Labute approximate surface area is 96.1 Å². The van der Waals surface area contributed by atoms with Crippen LogP contribution in [-0.2, 0) is 0 Å². The minimum absolute atomic E-state index is 0.599. The summed E-state index contributed by atoms with van der Waals surface area (Å²) in [6.07, 6.45) is 10.5. The summed E-state index contributed by atoms with van der Waals surface area (Å²) in [5.74, 6) is 0.808. The average molecular weight is 212 g/mol. The van der Waals surface area contributed by atoms with Crippen molar-refractivity contribution in [3.8, 4) is 0 Å². The van der Waals surface area contributed by atoms with Gasteiger partial charge < -0.3 is 5.32 Å². The van der Waals surface area contributed by atoms with E-state index in [1.807, 2.05) is 18.5 Å². The maximum Gasteiger partial charge on any atom is 0.0343 e. The highest BCUT2D eigenvalue weighted by Crippen LogP contribution is 2.36. The van der Waals surface area contributed by atoms with Crippen molar-refractivity contribution in [2.24, 2.45) is 5.92 Å². The number of hydrogen-bond donors (Lipinski definition) is 1. The van der Waals surface area contributed by atoms with Crippen molar-refractivity contribution in [1.82, 2.24) is 10.3 Å². The lowest BCUT2D eigenvalue weighted by Gasteiger charge is -2.06. The SMILES string of the molecule is C=Cc1cncc(C2=C[C@@H]3NCC[C@@H]3C2)c1. The smallest absolute Gasteiger partial charge is 0.0343 e. The van der Waals surface area contributed by atoms with E-state index in [9.17, 15) is 0 Å². The lowest BCUT2D eigenvalue weighted by Crippen LogP contribution is -2.20. The Morgan fingerprint density at radius 3 is 3.19 bits per heavy atom. The molecule has 3 rings (SSSR count). The molecule has 2 heterocycles. The molecule has 82 valence electrons. The molecular weight excluding hydrogens is 196 g/mol. The van der Waals surface area contributed by atoms with Crippen molar-refractivity contribution in [3.63, 3.8) is 0 Å². The molecule has 1 fully saturated rings. The number of rotatable bonds is 2. The maximum absolute atomic E-state index is 4.26. The average Bonchev–Trinajstić information content (AvgIpc) is 2.89. The zero-order chi connectivity index (χ0) is 11.0. The van der Waals surface area contributed by atoms with Crippen LogP contribution in [0.1, 0.15) is 24.0 Å². The van der Waals surface area contributed by atoms with Gasteiger partial charge in [-0.3, -0.25) is 4.98 Å². The van der Waals surface area contributed by atoms with Crippen LogP contribution in [0.5, 0.6) is 0 Å². The van der Waals surface area contributed by atoms with Gasteiger partial charge in [0.05, 0.1) is 0 Å². The lowest BCUT2D eigenvalue weighted by molar-refractivity contribution is 0.553. The van der Waals surface area contributed by atoms with Gasteiger partial charge in [0.2, 0.25) is 0 Å². The molecule has 1 aliphatic heterocycles. The molecule has 0 unspecified atom stereocenters. The predicted octanol–water partition coefficient (Wildman–Crippen LogP) is 2.49. The first-order valence-corrected chi connectivity index (χ1v) is 5.89. The van der Waals surface area contributed by atoms with Crippen LogP contribution < -0.4 is 5.32 Å². The van der Waals surface area contributed by atoms with Crippen LogP contribution >= 0.6 is 0 Å². The first-order chi connectivity index (χ1) is 7.86. The second-order valence-corrected chi connectivity index (χ2v) is 4.64. The second-order valence-electron chi connectivity index (χ2n) is 4.64. The molecule has 16 heavy (non-hydrogen) atoms. The number of nitrogens with one attached hydrogen (secondary N) is 1. The Kier molecular flexibility index (Phi) is 2.37. The van der Waals surface area contributed by atoms with Crippen molar-refractivity contribution in [2.75, 3.05) is 6.54 Å². The van der Waals surface area contributed by atoms with Crippen molar-refractivity contribution < 1.29 is 0 Å². The highest BCUT2D eigenvalue weighted by atomic mass is 15.0. The summed E-state index contributed by atoms with van der Waals surface area (Å²) in [6.45, 7) is 4.95. The molecule has 0 saturated carbocycles. The molecule has 1 aromatic heterocycles. The fourth-order valence-corrected chi connectivity index (χ4v) is 2.73. The molecule has 1 saturated heterocycles. The normalized spacial score (nSPS) is 27.6. The Bertz CT molecular complexity index is 448. The van der Waals surface area contributed by atoms with Gasteiger partial charge in [0.1, 0.15) is 0 Å². The van der Waals surface area contributed by atoms with Crippen LogP contribution in [0.15, 0.2) is 31.1 Å². The van der Waals surface area contributed by atoms with Crippen LogP contribution in [0, 0.1) is 5.92 Å². The summed E-state index contributed by atoms with van der Waals surface area (Å²) in [4.78, 5) is 4.26. The Balaban J connectivity index is 1.90. The van der Waals surface area contributed by atoms with Gasteiger partial charge in [-0.1, -0.05) is 18.7 Å². The number of aromatic nitrogens is 1. The molecule has 2 atom stereocenters. The molecule has 2 aliphatic rings. The molecule has 0 bridgehead atoms. The van der Waals surface area contributed by atoms with Gasteiger partial charge >= 0.3 is 0 Å². The fraction of sp³-hybridized carbons (Fsp3) is 0.357. The molecule has 0 spiro atoms. The summed E-state index contributed by atoms with van der Waals surface area (Å²) in [6, 6.07) is 2.77. The summed E-state index contributed by atoms with van der Waals surface area (Å²) in [5.41, 5.74) is 3.80. The standard InChI is InChI=1S/C14H16N2/c1-2-10-5-13(9-15-8-10)12-6-11-3-4-16-14(11)7-12/h2,5,7-9,11,14,16H,1,3-4,6H2/t11-,14+/m1/s1. The highest BCUT2D eigenvalue weighted by Gasteiger charge is 2.31. The van der Waals surface area contributed by atoms with Gasteiger partial charge in [0.15, 0.2) is 0 Å². The van der Waals surface area contributed by atoms with Gasteiger partial charge in [-0.2, -0.15) is 0 Å². The van der Waals surface area contributed by atoms with Gasteiger partial charge in [-0.25, -0.2) is 0 Å². The van der Waals surface area contributed by atoms with Gasteiger partial charge in [-0.15, -0.1) is 0 Å². The van der Waals surface area contributed by atoms with E-state index >= 15 is 0 Å². The summed E-state index contributed by atoms with van der Waals surface area (Å²) >= 11 is 0. The molecule has 0 amide bonds. The van der Waals surface area contributed by atoms with Gasteiger partial charge in [0, 0.05) is 18.4 Å². The minimum atomic E-state index is 0.599. The van der Waals surface area contributed by atoms with E-state index in [0.29, 0.717) is 6.04 Å². The Morgan fingerprint density at radius 1 is 1.44 bits per heavy atom. The van der Waals surface area contributed by atoms with Crippen molar-refractivity contribution in [1.29, 1.82) is 0 Å². The van der Waals surface area contributed by atoms with Crippen LogP contribution in [0.2, 0.25) is 0 Å². The third kappa shape index (κ3) is 1.59. The quantitative estimate of drug-likeness (QED) is 0.814. The Morgan fingerprint density at radius 2 is 2.38 bits per heavy atom. The maximum atomic E-state index is 4.26. The first-order valence-electron chi connectivity index (χ1n) is 5.89. The number of fused-ring (bicyclic) bond motifs is 1. The Hall–Kier alpha value is -1.41. The largest absolute Gasteiger partial charge is 0.310 e. The second kappa shape index (κ2) is 3.87. The number of pyridine rings is 1. The molecule has 0 radical (unpaired) electrons. The number of nitrogens with zero attached hydrogens (tertiary/aromatic N) is 1. The van der Waals surface area contributed by atoms with E-state index in [4.69, 9.17) is 0 Å². The number of hydrogen-bond acceptors (Lipinski definition) is 2. The molecule has 2 nitrogen and oxygen atoms in total. The molecule has 1 aliphatic carbocycles. The van der Waals surface area contributed by atoms with E-state index < -0.39 is 0 Å². The van der Waals surface area contributed by atoms with E-state index in [1.54, 1.807) is 0 Å². The van der Waals surface area contributed by atoms with E-state index in [0.717, 1.165) is 11.5 Å². The molecule has 1 aromatic rings. The molecule has 0 aromatic carbocycles. The predicted molar refractivity (Wildman–Crippen MR) is 66.8 cm³/mol. The topological polar surface area (TPSA) is 24.9 Å². The summed E-state index contributed by atoms with van der Waals surface area (Å²) < 4.78 is 0. The lowest BCUT2D eigenvalue weighted by atomic mass is 9.99. The van der Waals surface area contributed by atoms with Crippen LogP contribution in [0.3, 0.4) is 0 Å². The van der Waals surface area contributed by atoms with E-state index in [2.05, 4.69) is 29.0 Å². The number of allylic oxidation sites excluding steroid dienone is 1. The summed E-state index contributed by atoms with van der Waals surface area (Å²) in [7, 11) is 0. The highest BCUT2D eigenvalue weighted by molar-refractivity contribution is 5.70. The molecule has 1 N–H and O–H groups in total. The fourth-order valence-electron chi connectivity index (χ4n) is 2.73. The molecular formula is C14H16N2. The van der Waals surface area contributed by atoms with Crippen molar-refractivity contribution >= 4 is 11.6 Å². The van der Waals surface area contributed by atoms with Gasteiger partial charge in [-0.05, 0) is 48.1 Å². The van der Waals surface area contributed by atoms with E-state index in [1.165, 1.54) is 30.5 Å². The third-order valence-electron chi connectivity index (χ3n) is 3.63. The molecule has 2 heteroatoms. The first kappa shape index (κ1) is 9.79. The monoisotopic (exact) mass is 212 g/mol. The van der Waals surface area contributed by atoms with Crippen LogP contribution in [0.4, 0.5) is 0 Å². The van der Waals surface area contributed by atoms with Crippen molar-refractivity contribution in [3.05, 3.63) is 42.2 Å². The zero-order valence-electron chi connectivity index (χ0n) is 9.32. The third-order valence-corrected chi connectivity index (χ3v) is 3.63. The van der Waals surface area contributed by atoms with E-state index in [-0.39, 0.29) is 0 Å².